The van der Waals surface area contributed by atoms with Crippen molar-refractivity contribution in [1.29, 1.82) is 0 Å². The van der Waals surface area contributed by atoms with Crippen molar-refractivity contribution in [2.45, 2.75) is 13.0 Å². The van der Waals surface area contributed by atoms with Crippen molar-refractivity contribution in [3.05, 3.63) is 59.1 Å². The molecule has 0 fully saturated rings. The number of imidazole rings is 1. The van der Waals surface area contributed by atoms with Gasteiger partial charge in [0.15, 0.2) is 5.11 Å². The quantitative estimate of drug-likeness (QED) is 0.614. The van der Waals surface area contributed by atoms with Crippen molar-refractivity contribution in [2.75, 3.05) is 5.32 Å². The first-order valence-corrected chi connectivity index (χ1v) is 7.79. The summed E-state index contributed by atoms with van der Waals surface area (Å²) in [6.07, 6.45) is 0. The normalized spacial score (nSPS) is 12.1. The van der Waals surface area contributed by atoms with Gasteiger partial charge in [-0.3, -0.25) is 0 Å². The largest absolute Gasteiger partial charge is 0.353 e. The lowest BCUT2D eigenvalue weighted by Gasteiger charge is -2.15. The van der Waals surface area contributed by atoms with E-state index in [0.717, 1.165) is 16.9 Å². The lowest BCUT2D eigenvalue weighted by Crippen LogP contribution is -2.31. The Morgan fingerprint density at radius 3 is 2.83 bits per heavy atom. The number of hydrogen-bond acceptors (Lipinski definition) is 2. The maximum Gasteiger partial charge on any atom is 0.171 e. The standard InChI is InChI=1S/C16H14ClFN4S/c1-9(15-21-13-4-2-3-5-14(13)22-15)19-16(23)20-10-6-7-12(18)11(17)8-10/h2-9H,1H3,(H,21,22)(H2,19,20,23). The number of benzene rings is 2. The molecular formula is C16H14ClFN4S. The first kappa shape index (κ1) is 15.7. The Balaban J connectivity index is 1.67. The second-order valence-electron chi connectivity index (χ2n) is 5.09. The molecule has 1 unspecified atom stereocenters. The Bertz CT molecular complexity index is 831. The van der Waals surface area contributed by atoms with Crippen LogP contribution in [0, 0.1) is 5.82 Å². The minimum Gasteiger partial charge on any atom is -0.353 e. The molecule has 3 aromatic rings. The van der Waals surface area contributed by atoms with Gasteiger partial charge in [0.25, 0.3) is 0 Å². The van der Waals surface area contributed by atoms with Crippen LogP contribution in [-0.2, 0) is 0 Å². The third-order valence-corrected chi connectivity index (χ3v) is 3.85. The first-order chi connectivity index (χ1) is 11.0. The first-order valence-electron chi connectivity index (χ1n) is 7.00. The highest BCUT2D eigenvalue weighted by Gasteiger charge is 2.12. The minimum absolute atomic E-state index is 0.0446. The number of hydrogen-bond donors (Lipinski definition) is 3. The molecule has 0 amide bonds. The van der Waals surface area contributed by atoms with E-state index >= 15 is 0 Å². The third-order valence-electron chi connectivity index (χ3n) is 3.34. The van der Waals surface area contributed by atoms with Crippen LogP contribution in [0.25, 0.3) is 11.0 Å². The summed E-state index contributed by atoms with van der Waals surface area (Å²) < 4.78 is 13.1. The lowest BCUT2D eigenvalue weighted by molar-refractivity contribution is 0.628. The Morgan fingerprint density at radius 1 is 1.30 bits per heavy atom. The van der Waals surface area contributed by atoms with Gasteiger partial charge in [0.2, 0.25) is 0 Å². The number of anilines is 1. The molecule has 0 saturated carbocycles. The average molecular weight is 349 g/mol. The predicted octanol–water partition coefficient (Wildman–Crippen LogP) is 4.40. The van der Waals surface area contributed by atoms with E-state index < -0.39 is 5.82 Å². The Labute approximate surface area is 143 Å². The minimum atomic E-state index is -0.466. The number of nitrogens with one attached hydrogen (secondary N) is 3. The number of para-hydroxylation sites is 2. The Morgan fingerprint density at radius 2 is 2.09 bits per heavy atom. The summed E-state index contributed by atoms with van der Waals surface area (Å²) in [7, 11) is 0. The highest BCUT2D eigenvalue weighted by atomic mass is 35.5. The fraction of sp³-hybridized carbons (Fsp3) is 0.125. The molecule has 0 bridgehead atoms. The molecule has 118 valence electrons. The maximum atomic E-state index is 13.1. The van der Waals surface area contributed by atoms with Crippen LogP contribution in [0.1, 0.15) is 18.8 Å². The molecule has 0 radical (unpaired) electrons. The average Bonchev–Trinajstić information content (AvgIpc) is 2.95. The van der Waals surface area contributed by atoms with Gasteiger partial charge < -0.3 is 15.6 Å². The van der Waals surface area contributed by atoms with Gasteiger partial charge in [-0.05, 0) is 49.5 Å². The van der Waals surface area contributed by atoms with Crippen LogP contribution in [0.2, 0.25) is 5.02 Å². The SMILES string of the molecule is CC(NC(=S)Nc1ccc(F)c(Cl)c1)c1nc2ccccc2[nH]1. The monoisotopic (exact) mass is 348 g/mol. The summed E-state index contributed by atoms with van der Waals surface area (Å²) in [5, 5.41) is 6.55. The maximum absolute atomic E-state index is 13.1. The molecule has 3 rings (SSSR count). The molecule has 1 atom stereocenters. The number of aromatic amines is 1. The molecule has 1 aromatic heterocycles. The number of thiocarbonyl (C=S) groups is 1. The summed E-state index contributed by atoms with van der Waals surface area (Å²) in [6.45, 7) is 1.95. The summed E-state index contributed by atoms with van der Waals surface area (Å²) in [5.74, 6) is 0.319. The van der Waals surface area contributed by atoms with Crippen LogP contribution in [0.15, 0.2) is 42.5 Å². The van der Waals surface area contributed by atoms with Crippen LogP contribution < -0.4 is 10.6 Å². The van der Waals surface area contributed by atoms with Gasteiger partial charge in [0, 0.05) is 5.69 Å². The van der Waals surface area contributed by atoms with Crippen molar-refractivity contribution in [3.63, 3.8) is 0 Å². The van der Waals surface area contributed by atoms with E-state index in [2.05, 4.69) is 20.6 Å². The van der Waals surface area contributed by atoms with E-state index in [1.165, 1.54) is 12.1 Å². The number of halogens is 2. The predicted molar refractivity (Wildman–Crippen MR) is 95.3 cm³/mol. The van der Waals surface area contributed by atoms with Gasteiger partial charge in [-0.2, -0.15) is 0 Å². The summed E-state index contributed by atoms with van der Waals surface area (Å²) in [6, 6.07) is 12.0. The van der Waals surface area contributed by atoms with Gasteiger partial charge in [-0.15, -0.1) is 0 Å². The zero-order valence-electron chi connectivity index (χ0n) is 12.2. The highest BCUT2D eigenvalue weighted by molar-refractivity contribution is 7.80. The van der Waals surface area contributed by atoms with E-state index in [1.54, 1.807) is 6.07 Å². The smallest absolute Gasteiger partial charge is 0.171 e. The van der Waals surface area contributed by atoms with Crippen LogP contribution in [0.4, 0.5) is 10.1 Å². The van der Waals surface area contributed by atoms with E-state index in [0.29, 0.717) is 10.8 Å². The van der Waals surface area contributed by atoms with Crippen LogP contribution in [0.3, 0.4) is 0 Å². The molecule has 0 aliphatic carbocycles. The molecule has 4 nitrogen and oxygen atoms in total. The number of aromatic nitrogens is 2. The van der Waals surface area contributed by atoms with Crippen molar-refractivity contribution in [3.8, 4) is 0 Å². The molecule has 0 aliphatic heterocycles. The second-order valence-corrected chi connectivity index (χ2v) is 5.90. The van der Waals surface area contributed by atoms with Crippen molar-refractivity contribution in [1.82, 2.24) is 15.3 Å². The van der Waals surface area contributed by atoms with Crippen molar-refractivity contribution >= 4 is 45.7 Å². The zero-order chi connectivity index (χ0) is 16.4. The molecule has 3 N–H and O–H groups in total. The van der Waals surface area contributed by atoms with Gasteiger partial charge in [0.05, 0.1) is 22.1 Å². The molecular weight excluding hydrogens is 335 g/mol. The molecule has 0 aliphatic rings. The topological polar surface area (TPSA) is 52.7 Å². The van der Waals surface area contributed by atoms with Crippen LogP contribution in [0.5, 0.6) is 0 Å². The molecule has 2 aromatic carbocycles. The van der Waals surface area contributed by atoms with Crippen molar-refractivity contribution in [2.24, 2.45) is 0 Å². The van der Waals surface area contributed by atoms with Crippen molar-refractivity contribution < 1.29 is 4.39 Å². The number of fused-ring (bicyclic) bond motifs is 1. The van der Waals surface area contributed by atoms with Gasteiger partial charge >= 0.3 is 0 Å². The van der Waals surface area contributed by atoms with Crippen LogP contribution in [-0.4, -0.2) is 15.1 Å². The summed E-state index contributed by atoms with van der Waals surface area (Å²) >= 11 is 11.0. The number of H-pyrrole nitrogens is 1. The van der Waals surface area contributed by atoms with Gasteiger partial charge in [-0.1, -0.05) is 23.7 Å². The lowest BCUT2D eigenvalue weighted by atomic mass is 10.3. The Kier molecular flexibility index (Phi) is 4.45. The zero-order valence-corrected chi connectivity index (χ0v) is 13.8. The van der Waals surface area contributed by atoms with Gasteiger partial charge in [-0.25, -0.2) is 9.37 Å². The summed E-state index contributed by atoms with van der Waals surface area (Å²) in [5.41, 5.74) is 2.49. The van der Waals surface area contributed by atoms with E-state index in [1.807, 2.05) is 31.2 Å². The molecule has 7 heteroatoms. The number of rotatable bonds is 3. The molecule has 1 heterocycles. The molecule has 0 saturated heterocycles. The number of nitrogens with zero attached hydrogens (tertiary/aromatic N) is 1. The highest BCUT2D eigenvalue weighted by Crippen LogP contribution is 2.20. The molecule has 23 heavy (non-hydrogen) atoms. The fourth-order valence-corrected chi connectivity index (χ4v) is 2.66. The van der Waals surface area contributed by atoms with E-state index in [9.17, 15) is 4.39 Å². The summed E-state index contributed by atoms with van der Waals surface area (Å²) in [4.78, 5) is 7.77. The van der Waals surface area contributed by atoms with E-state index in [4.69, 9.17) is 23.8 Å². The Hall–Kier alpha value is -2.18. The van der Waals surface area contributed by atoms with E-state index in [-0.39, 0.29) is 11.1 Å². The molecule has 0 spiro atoms. The third kappa shape index (κ3) is 3.60. The van der Waals surface area contributed by atoms with Gasteiger partial charge in [0.1, 0.15) is 11.6 Å². The second kappa shape index (κ2) is 6.52. The fourth-order valence-electron chi connectivity index (χ4n) is 2.18. The van der Waals surface area contributed by atoms with Crippen LogP contribution >= 0.6 is 23.8 Å².